The van der Waals surface area contributed by atoms with Gasteiger partial charge >= 0.3 is 0 Å². The Morgan fingerprint density at radius 3 is 2.43 bits per heavy atom. The summed E-state index contributed by atoms with van der Waals surface area (Å²) in [4.78, 5) is 0. The lowest BCUT2D eigenvalue weighted by Gasteiger charge is -2.09. The highest BCUT2D eigenvalue weighted by Gasteiger charge is 2.05. The van der Waals surface area contributed by atoms with Crippen LogP contribution in [0.1, 0.15) is 11.1 Å². The van der Waals surface area contributed by atoms with Crippen molar-refractivity contribution in [1.29, 1.82) is 0 Å². The second-order valence-electron chi connectivity index (χ2n) is 4.59. The van der Waals surface area contributed by atoms with E-state index in [0.29, 0.717) is 17.1 Å². The van der Waals surface area contributed by atoms with Crippen molar-refractivity contribution in [2.24, 2.45) is 5.14 Å². The van der Waals surface area contributed by atoms with Gasteiger partial charge in [-0.15, -0.1) is 0 Å². The van der Waals surface area contributed by atoms with Crippen molar-refractivity contribution in [3.8, 4) is 0 Å². The SMILES string of the molecule is NS(=O)(=O)Cc1ccc(NCc2cc(Cl)ccc2Br)cc1. The Balaban J connectivity index is 2.02. The summed E-state index contributed by atoms with van der Waals surface area (Å²) >= 11 is 9.43. The number of sulfonamides is 1. The largest absolute Gasteiger partial charge is 0.381 e. The van der Waals surface area contributed by atoms with Crippen LogP contribution in [-0.2, 0) is 22.3 Å². The average molecular weight is 390 g/mol. The third-order valence-corrected chi connectivity index (χ3v) is 4.56. The van der Waals surface area contributed by atoms with Gasteiger partial charge in [-0.3, -0.25) is 0 Å². The van der Waals surface area contributed by atoms with Gasteiger partial charge in [0.1, 0.15) is 0 Å². The number of benzene rings is 2. The standard InChI is InChI=1S/C14H14BrClN2O2S/c15-14-6-3-12(16)7-11(14)8-18-13-4-1-10(2-5-13)9-21(17,19)20/h1-7,18H,8-9H2,(H2,17,19,20). The Bertz CT molecular complexity index is 733. The maximum Gasteiger partial charge on any atom is 0.213 e. The molecule has 0 aliphatic carbocycles. The van der Waals surface area contributed by atoms with Gasteiger partial charge < -0.3 is 5.32 Å². The van der Waals surface area contributed by atoms with Crippen LogP contribution in [0.4, 0.5) is 5.69 Å². The fourth-order valence-corrected chi connectivity index (χ4v) is 3.07. The summed E-state index contributed by atoms with van der Waals surface area (Å²) in [5.74, 6) is -0.160. The van der Waals surface area contributed by atoms with Crippen LogP contribution in [0.5, 0.6) is 0 Å². The topological polar surface area (TPSA) is 72.2 Å². The Morgan fingerprint density at radius 2 is 1.81 bits per heavy atom. The molecule has 0 aromatic heterocycles. The van der Waals surface area contributed by atoms with E-state index in [1.807, 2.05) is 30.3 Å². The predicted molar refractivity (Wildman–Crippen MR) is 89.7 cm³/mol. The molecule has 0 amide bonds. The first kappa shape index (κ1) is 16.3. The quantitative estimate of drug-likeness (QED) is 0.822. The molecule has 0 aliphatic heterocycles. The van der Waals surface area contributed by atoms with Crippen LogP contribution in [0.2, 0.25) is 5.02 Å². The van der Waals surface area contributed by atoms with Crippen LogP contribution in [0.15, 0.2) is 46.9 Å². The molecule has 2 aromatic rings. The fourth-order valence-electron chi connectivity index (χ4n) is 1.83. The van der Waals surface area contributed by atoms with Crippen molar-refractivity contribution in [2.75, 3.05) is 5.32 Å². The lowest BCUT2D eigenvalue weighted by Crippen LogP contribution is -2.14. The molecule has 0 saturated carbocycles. The molecule has 3 N–H and O–H groups in total. The summed E-state index contributed by atoms with van der Waals surface area (Å²) in [6.07, 6.45) is 0. The minimum atomic E-state index is -3.50. The number of nitrogens with one attached hydrogen (secondary N) is 1. The van der Waals surface area contributed by atoms with Gasteiger partial charge in [0.25, 0.3) is 0 Å². The summed E-state index contributed by atoms with van der Waals surface area (Å²) < 4.78 is 23.0. The zero-order valence-corrected chi connectivity index (χ0v) is 14.2. The normalized spacial score (nSPS) is 11.4. The molecule has 0 radical (unpaired) electrons. The van der Waals surface area contributed by atoms with E-state index >= 15 is 0 Å². The number of anilines is 1. The minimum Gasteiger partial charge on any atom is -0.381 e. The summed E-state index contributed by atoms with van der Waals surface area (Å²) in [7, 11) is -3.50. The summed E-state index contributed by atoms with van der Waals surface area (Å²) in [6, 6.07) is 12.7. The number of halogens is 2. The van der Waals surface area contributed by atoms with E-state index in [0.717, 1.165) is 15.7 Å². The predicted octanol–water partition coefficient (Wildman–Crippen LogP) is 3.50. The Labute approximate surface area is 137 Å². The minimum absolute atomic E-state index is 0.160. The molecular formula is C14H14BrClN2O2S. The van der Waals surface area contributed by atoms with Gasteiger partial charge in [-0.05, 0) is 41.5 Å². The maximum absolute atomic E-state index is 11.0. The van der Waals surface area contributed by atoms with Crippen molar-refractivity contribution in [3.05, 3.63) is 63.1 Å². The molecule has 0 heterocycles. The Kier molecular flexibility index (Phi) is 5.27. The van der Waals surface area contributed by atoms with Gasteiger partial charge in [-0.1, -0.05) is 39.7 Å². The van der Waals surface area contributed by atoms with Gasteiger partial charge in [0.05, 0.1) is 5.75 Å². The highest BCUT2D eigenvalue weighted by molar-refractivity contribution is 9.10. The molecule has 0 unspecified atom stereocenters. The van der Waals surface area contributed by atoms with Gasteiger partial charge in [-0.25, -0.2) is 13.6 Å². The first-order valence-corrected chi connectivity index (χ1v) is 8.99. The summed E-state index contributed by atoms with van der Waals surface area (Å²) in [6.45, 7) is 0.607. The van der Waals surface area contributed by atoms with Crippen LogP contribution < -0.4 is 10.5 Å². The molecule has 2 rings (SSSR count). The molecule has 0 fully saturated rings. The van der Waals surface area contributed by atoms with E-state index < -0.39 is 10.0 Å². The van der Waals surface area contributed by atoms with Gasteiger partial charge in [0, 0.05) is 21.7 Å². The van der Waals surface area contributed by atoms with E-state index in [2.05, 4.69) is 21.2 Å². The maximum atomic E-state index is 11.0. The highest BCUT2D eigenvalue weighted by atomic mass is 79.9. The number of hydrogen-bond acceptors (Lipinski definition) is 3. The van der Waals surface area contributed by atoms with E-state index in [1.54, 1.807) is 12.1 Å². The van der Waals surface area contributed by atoms with Crippen LogP contribution >= 0.6 is 27.5 Å². The Morgan fingerprint density at radius 1 is 1.14 bits per heavy atom. The molecule has 0 aliphatic rings. The van der Waals surface area contributed by atoms with E-state index in [-0.39, 0.29) is 5.75 Å². The van der Waals surface area contributed by atoms with E-state index in [1.165, 1.54) is 0 Å². The van der Waals surface area contributed by atoms with Crippen molar-refractivity contribution in [2.45, 2.75) is 12.3 Å². The van der Waals surface area contributed by atoms with Crippen molar-refractivity contribution < 1.29 is 8.42 Å². The van der Waals surface area contributed by atoms with Crippen LogP contribution in [0.25, 0.3) is 0 Å². The van der Waals surface area contributed by atoms with Crippen molar-refractivity contribution in [1.82, 2.24) is 0 Å². The molecule has 0 bridgehead atoms. The number of hydrogen-bond donors (Lipinski definition) is 2. The summed E-state index contributed by atoms with van der Waals surface area (Å²) in [5, 5.41) is 8.94. The number of primary sulfonamides is 1. The summed E-state index contributed by atoms with van der Waals surface area (Å²) in [5.41, 5.74) is 2.59. The molecule has 2 aromatic carbocycles. The second-order valence-corrected chi connectivity index (χ2v) is 7.50. The molecule has 7 heteroatoms. The molecular weight excluding hydrogens is 376 g/mol. The van der Waals surface area contributed by atoms with Crippen LogP contribution in [0.3, 0.4) is 0 Å². The molecule has 0 atom stereocenters. The molecule has 4 nitrogen and oxygen atoms in total. The number of rotatable bonds is 5. The monoisotopic (exact) mass is 388 g/mol. The van der Waals surface area contributed by atoms with Gasteiger partial charge in [0.2, 0.25) is 10.0 Å². The van der Waals surface area contributed by atoms with Crippen LogP contribution in [-0.4, -0.2) is 8.42 Å². The zero-order chi connectivity index (χ0) is 15.5. The molecule has 0 saturated heterocycles. The first-order valence-electron chi connectivity index (χ1n) is 6.11. The van der Waals surface area contributed by atoms with Gasteiger partial charge in [-0.2, -0.15) is 0 Å². The highest BCUT2D eigenvalue weighted by Crippen LogP contribution is 2.22. The first-order chi connectivity index (χ1) is 9.83. The lowest BCUT2D eigenvalue weighted by atomic mass is 10.2. The van der Waals surface area contributed by atoms with Crippen molar-refractivity contribution in [3.63, 3.8) is 0 Å². The van der Waals surface area contributed by atoms with Crippen LogP contribution in [0, 0.1) is 0 Å². The van der Waals surface area contributed by atoms with E-state index in [4.69, 9.17) is 16.7 Å². The third kappa shape index (κ3) is 5.32. The smallest absolute Gasteiger partial charge is 0.213 e. The Hall–Kier alpha value is -1.08. The number of nitrogens with two attached hydrogens (primary N) is 1. The molecule has 112 valence electrons. The fraction of sp³-hybridized carbons (Fsp3) is 0.143. The van der Waals surface area contributed by atoms with Gasteiger partial charge in [0.15, 0.2) is 0 Å². The second kappa shape index (κ2) is 6.79. The third-order valence-electron chi connectivity index (χ3n) is 2.81. The average Bonchev–Trinajstić information content (AvgIpc) is 2.40. The van der Waals surface area contributed by atoms with Crippen molar-refractivity contribution >= 4 is 43.2 Å². The molecule has 21 heavy (non-hydrogen) atoms. The lowest BCUT2D eigenvalue weighted by molar-refractivity contribution is 0.597. The molecule has 0 spiro atoms. The zero-order valence-electron chi connectivity index (χ0n) is 11.0. The van der Waals surface area contributed by atoms with E-state index in [9.17, 15) is 8.42 Å².